The Labute approximate surface area is 84.4 Å². The van der Waals surface area contributed by atoms with Crippen LogP contribution in [0.4, 0.5) is 5.69 Å². The van der Waals surface area contributed by atoms with Crippen LogP contribution in [0, 0.1) is 0 Å². The highest BCUT2D eigenvalue weighted by Crippen LogP contribution is 2.35. The molecule has 2 N–H and O–H groups in total. The van der Waals surface area contributed by atoms with Crippen LogP contribution in [0.2, 0.25) is 0 Å². The lowest BCUT2D eigenvalue weighted by Gasteiger charge is -2.16. The molecule has 0 aliphatic carbocycles. The third kappa shape index (κ3) is 1.49. The Morgan fingerprint density at radius 1 is 1.50 bits per heavy atom. The highest BCUT2D eigenvalue weighted by molar-refractivity contribution is 5.60. The fourth-order valence-corrected chi connectivity index (χ4v) is 2.14. The van der Waals surface area contributed by atoms with Crippen LogP contribution in [0.15, 0.2) is 24.3 Å². The molecule has 0 spiro atoms. The molecule has 1 aliphatic rings. The molecule has 1 atom stereocenters. The number of hydrogen-bond acceptors (Lipinski definition) is 3. The van der Waals surface area contributed by atoms with E-state index < -0.39 is 0 Å². The minimum absolute atomic E-state index is 0.427. The minimum Gasteiger partial charge on any atom is -0.371 e. The number of rotatable bonds is 3. The smallest absolute Gasteiger partial charge is 0.0765 e. The molecule has 76 valence electrons. The summed E-state index contributed by atoms with van der Waals surface area (Å²) in [5, 5.41) is 0. The molecule has 0 amide bonds. The lowest BCUT2D eigenvalue weighted by Crippen LogP contribution is -2.23. The molecule has 0 aromatic heterocycles. The Bertz CT molecular complexity index is 314. The van der Waals surface area contributed by atoms with Gasteiger partial charge in [-0.25, -0.2) is 5.90 Å². The van der Waals surface area contributed by atoms with Crippen molar-refractivity contribution in [3.8, 4) is 0 Å². The number of benzene rings is 1. The molecule has 0 saturated carbocycles. The molecule has 3 nitrogen and oxygen atoms in total. The van der Waals surface area contributed by atoms with Crippen LogP contribution in [0.5, 0.6) is 0 Å². The van der Waals surface area contributed by atoms with Crippen molar-refractivity contribution < 1.29 is 4.84 Å². The van der Waals surface area contributed by atoms with Gasteiger partial charge in [0.1, 0.15) is 0 Å². The van der Waals surface area contributed by atoms with E-state index >= 15 is 0 Å². The summed E-state index contributed by atoms with van der Waals surface area (Å²) < 4.78 is 0. The average molecular weight is 192 g/mol. The third-order valence-electron chi connectivity index (χ3n) is 2.84. The first kappa shape index (κ1) is 9.49. The highest BCUT2D eigenvalue weighted by atomic mass is 16.6. The molecule has 0 fully saturated rings. The number of para-hydroxylation sites is 1. The standard InChI is InChI=1S/C11H16N2O/c1-2-13-7-9(8-14-12)10-5-3-4-6-11(10)13/h3-6,9H,2,7-8,12H2,1H3. The number of nitrogens with two attached hydrogens (primary N) is 1. The maximum absolute atomic E-state index is 5.13. The number of hydrogen-bond donors (Lipinski definition) is 1. The summed E-state index contributed by atoms with van der Waals surface area (Å²) in [6.45, 7) is 4.83. The molecule has 2 rings (SSSR count). The first-order valence-corrected chi connectivity index (χ1v) is 5.02. The van der Waals surface area contributed by atoms with Crippen LogP contribution in [-0.4, -0.2) is 19.7 Å². The lowest BCUT2D eigenvalue weighted by atomic mass is 10.0. The van der Waals surface area contributed by atoms with Gasteiger partial charge in [-0.2, -0.15) is 0 Å². The predicted octanol–water partition coefficient (Wildman–Crippen LogP) is 1.50. The molecule has 14 heavy (non-hydrogen) atoms. The second-order valence-electron chi connectivity index (χ2n) is 3.63. The van der Waals surface area contributed by atoms with Crippen LogP contribution < -0.4 is 10.8 Å². The quantitative estimate of drug-likeness (QED) is 0.738. The second-order valence-corrected chi connectivity index (χ2v) is 3.63. The molecule has 0 saturated heterocycles. The third-order valence-corrected chi connectivity index (χ3v) is 2.84. The summed E-state index contributed by atoms with van der Waals surface area (Å²) in [6.07, 6.45) is 0. The van der Waals surface area contributed by atoms with E-state index in [0.717, 1.165) is 13.1 Å². The summed E-state index contributed by atoms with van der Waals surface area (Å²) in [4.78, 5) is 7.11. The van der Waals surface area contributed by atoms with Crippen LogP contribution in [-0.2, 0) is 4.84 Å². The summed E-state index contributed by atoms with van der Waals surface area (Å²) >= 11 is 0. The van der Waals surface area contributed by atoms with Gasteiger partial charge in [0.2, 0.25) is 0 Å². The van der Waals surface area contributed by atoms with Crippen LogP contribution in [0.25, 0.3) is 0 Å². The van der Waals surface area contributed by atoms with Crippen LogP contribution in [0.1, 0.15) is 18.4 Å². The Balaban J connectivity index is 2.29. The SMILES string of the molecule is CCN1CC(CON)c2ccccc21. The number of likely N-dealkylation sites (N-methyl/N-ethyl adjacent to an activating group) is 1. The van der Waals surface area contributed by atoms with Crippen molar-refractivity contribution in [2.45, 2.75) is 12.8 Å². The first-order chi connectivity index (χ1) is 6.86. The Kier molecular flexibility index (Phi) is 2.70. The highest BCUT2D eigenvalue weighted by Gasteiger charge is 2.26. The largest absolute Gasteiger partial charge is 0.371 e. The molecule has 1 heterocycles. The van der Waals surface area contributed by atoms with Crippen molar-refractivity contribution in [3.05, 3.63) is 29.8 Å². The van der Waals surface area contributed by atoms with E-state index in [2.05, 4.69) is 36.1 Å². The fourth-order valence-electron chi connectivity index (χ4n) is 2.14. The Morgan fingerprint density at radius 2 is 2.29 bits per heavy atom. The van der Waals surface area contributed by atoms with Crippen LogP contribution in [0.3, 0.4) is 0 Å². The maximum Gasteiger partial charge on any atom is 0.0765 e. The average Bonchev–Trinajstić information content (AvgIpc) is 2.58. The van der Waals surface area contributed by atoms with Crippen molar-refractivity contribution in [2.24, 2.45) is 5.90 Å². The normalized spacial score (nSPS) is 19.9. The lowest BCUT2D eigenvalue weighted by molar-refractivity contribution is 0.126. The van der Waals surface area contributed by atoms with E-state index in [9.17, 15) is 0 Å². The second kappa shape index (κ2) is 3.98. The van der Waals surface area contributed by atoms with Crippen LogP contribution >= 0.6 is 0 Å². The van der Waals surface area contributed by atoms with Gasteiger partial charge in [0, 0.05) is 24.7 Å². The topological polar surface area (TPSA) is 38.5 Å². The van der Waals surface area contributed by atoms with Gasteiger partial charge in [0.05, 0.1) is 6.61 Å². The molecular formula is C11H16N2O. The predicted molar refractivity (Wildman–Crippen MR) is 57.2 cm³/mol. The number of fused-ring (bicyclic) bond motifs is 1. The van der Waals surface area contributed by atoms with Gasteiger partial charge in [0.15, 0.2) is 0 Å². The van der Waals surface area contributed by atoms with Gasteiger partial charge < -0.3 is 9.74 Å². The van der Waals surface area contributed by atoms with Gasteiger partial charge in [-0.1, -0.05) is 18.2 Å². The minimum atomic E-state index is 0.427. The van der Waals surface area contributed by atoms with Gasteiger partial charge in [-0.05, 0) is 18.6 Å². The summed E-state index contributed by atoms with van der Waals surface area (Å²) in [5.41, 5.74) is 2.69. The zero-order chi connectivity index (χ0) is 9.97. The fraction of sp³-hybridized carbons (Fsp3) is 0.455. The summed E-state index contributed by atoms with van der Waals surface area (Å²) in [5.74, 6) is 5.56. The molecular weight excluding hydrogens is 176 g/mol. The Morgan fingerprint density at radius 3 is 3.00 bits per heavy atom. The van der Waals surface area contributed by atoms with E-state index in [1.807, 2.05) is 0 Å². The van der Waals surface area contributed by atoms with Gasteiger partial charge >= 0.3 is 0 Å². The van der Waals surface area contributed by atoms with Crippen molar-refractivity contribution >= 4 is 5.69 Å². The van der Waals surface area contributed by atoms with Crippen molar-refractivity contribution in [3.63, 3.8) is 0 Å². The first-order valence-electron chi connectivity index (χ1n) is 5.02. The molecule has 1 unspecified atom stereocenters. The van der Waals surface area contributed by atoms with Crippen molar-refractivity contribution in [1.29, 1.82) is 0 Å². The van der Waals surface area contributed by atoms with Crippen molar-refractivity contribution in [2.75, 3.05) is 24.6 Å². The Hall–Kier alpha value is -1.06. The summed E-state index contributed by atoms with van der Waals surface area (Å²) in [7, 11) is 0. The van der Waals surface area contributed by atoms with Crippen molar-refractivity contribution in [1.82, 2.24) is 0 Å². The molecule has 1 aromatic carbocycles. The zero-order valence-electron chi connectivity index (χ0n) is 8.44. The number of anilines is 1. The number of nitrogens with zero attached hydrogens (tertiary/aromatic N) is 1. The molecule has 1 aliphatic heterocycles. The van der Waals surface area contributed by atoms with E-state index in [1.165, 1.54) is 11.3 Å². The van der Waals surface area contributed by atoms with E-state index in [1.54, 1.807) is 0 Å². The van der Waals surface area contributed by atoms with Gasteiger partial charge in [0.25, 0.3) is 0 Å². The molecule has 3 heteroatoms. The van der Waals surface area contributed by atoms with E-state index in [0.29, 0.717) is 12.5 Å². The molecule has 0 radical (unpaired) electrons. The maximum atomic E-state index is 5.13. The zero-order valence-corrected chi connectivity index (χ0v) is 8.44. The molecule has 0 bridgehead atoms. The van der Waals surface area contributed by atoms with E-state index in [-0.39, 0.29) is 0 Å². The monoisotopic (exact) mass is 192 g/mol. The van der Waals surface area contributed by atoms with E-state index in [4.69, 9.17) is 10.7 Å². The summed E-state index contributed by atoms with van der Waals surface area (Å²) in [6, 6.07) is 8.47. The molecule has 1 aromatic rings. The van der Waals surface area contributed by atoms with Gasteiger partial charge in [-0.3, -0.25) is 0 Å². The van der Waals surface area contributed by atoms with Gasteiger partial charge in [-0.15, -0.1) is 0 Å².